The van der Waals surface area contributed by atoms with Crippen LogP contribution in [0.5, 0.6) is 0 Å². The van der Waals surface area contributed by atoms with Crippen LogP contribution in [0.1, 0.15) is 31.8 Å². The maximum absolute atomic E-state index is 12.5. The van der Waals surface area contributed by atoms with Crippen molar-refractivity contribution in [2.75, 3.05) is 10.6 Å². The second-order valence-corrected chi connectivity index (χ2v) is 6.17. The molecule has 3 aromatic carbocycles. The van der Waals surface area contributed by atoms with Crippen molar-refractivity contribution in [1.29, 1.82) is 0 Å². The molecule has 0 spiro atoms. The molecule has 4 nitrogen and oxygen atoms in total. The van der Waals surface area contributed by atoms with Crippen molar-refractivity contribution in [3.63, 3.8) is 0 Å². The van der Waals surface area contributed by atoms with Gasteiger partial charge in [0, 0.05) is 22.5 Å². The van der Waals surface area contributed by atoms with Gasteiger partial charge in [0.25, 0.3) is 11.8 Å². The van der Waals surface area contributed by atoms with E-state index in [0.29, 0.717) is 16.8 Å². The zero-order chi connectivity index (χ0) is 18.5. The van der Waals surface area contributed by atoms with Gasteiger partial charge in [-0.05, 0) is 55.8 Å². The second kappa shape index (κ2) is 7.66. The summed E-state index contributed by atoms with van der Waals surface area (Å²) in [5.41, 5.74) is 4.43. The van der Waals surface area contributed by atoms with Gasteiger partial charge < -0.3 is 10.6 Å². The second-order valence-electron chi connectivity index (χ2n) is 6.17. The SMILES string of the molecule is Cc1ccc(NC(=O)c2ccc(C)c(NC(=O)c3ccccc3)c2)cc1. The maximum atomic E-state index is 12.5. The Bertz CT molecular complexity index is 932. The van der Waals surface area contributed by atoms with E-state index in [1.54, 1.807) is 24.3 Å². The van der Waals surface area contributed by atoms with E-state index in [9.17, 15) is 9.59 Å². The van der Waals surface area contributed by atoms with Gasteiger partial charge in [-0.25, -0.2) is 0 Å². The molecule has 0 aliphatic heterocycles. The average Bonchev–Trinajstić information content (AvgIpc) is 2.66. The highest BCUT2D eigenvalue weighted by Crippen LogP contribution is 2.19. The molecule has 130 valence electrons. The van der Waals surface area contributed by atoms with Crippen molar-refractivity contribution < 1.29 is 9.59 Å². The summed E-state index contributed by atoms with van der Waals surface area (Å²) in [4.78, 5) is 24.9. The first-order chi connectivity index (χ1) is 12.5. The van der Waals surface area contributed by atoms with E-state index in [1.807, 2.05) is 62.4 Å². The van der Waals surface area contributed by atoms with Gasteiger partial charge in [0.15, 0.2) is 0 Å². The summed E-state index contributed by atoms with van der Waals surface area (Å²) in [6.45, 7) is 3.88. The minimum atomic E-state index is -0.218. The zero-order valence-corrected chi connectivity index (χ0v) is 14.7. The normalized spacial score (nSPS) is 10.2. The van der Waals surface area contributed by atoms with Crippen molar-refractivity contribution in [1.82, 2.24) is 0 Å². The van der Waals surface area contributed by atoms with Crippen LogP contribution in [0.2, 0.25) is 0 Å². The standard InChI is InChI=1S/C22H20N2O2/c1-15-8-12-19(13-9-15)23-22(26)18-11-10-16(2)20(14-18)24-21(25)17-6-4-3-5-7-17/h3-14H,1-2H3,(H,23,26)(H,24,25). The molecule has 3 rings (SSSR count). The Morgan fingerprint density at radius 2 is 1.35 bits per heavy atom. The summed E-state index contributed by atoms with van der Waals surface area (Å²) < 4.78 is 0. The first-order valence-corrected chi connectivity index (χ1v) is 8.38. The fourth-order valence-electron chi connectivity index (χ4n) is 2.52. The first-order valence-electron chi connectivity index (χ1n) is 8.38. The van der Waals surface area contributed by atoms with E-state index < -0.39 is 0 Å². The number of carbonyl (C=O) groups excluding carboxylic acids is 2. The first kappa shape index (κ1) is 17.4. The van der Waals surface area contributed by atoms with Crippen LogP contribution >= 0.6 is 0 Å². The number of amides is 2. The van der Waals surface area contributed by atoms with Gasteiger partial charge in [-0.15, -0.1) is 0 Å². The van der Waals surface area contributed by atoms with Gasteiger partial charge in [-0.2, -0.15) is 0 Å². The smallest absolute Gasteiger partial charge is 0.255 e. The molecule has 0 saturated carbocycles. The predicted molar refractivity (Wildman–Crippen MR) is 105 cm³/mol. The summed E-state index contributed by atoms with van der Waals surface area (Å²) >= 11 is 0. The van der Waals surface area contributed by atoms with Crippen LogP contribution in [0.4, 0.5) is 11.4 Å². The number of nitrogens with one attached hydrogen (secondary N) is 2. The Kier molecular flexibility index (Phi) is 5.13. The van der Waals surface area contributed by atoms with Gasteiger partial charge in [-0.1, -0.05) is 42.0 Å². The van der Waals surface area contributed by atoms with Crippen molar-refractivity contribution in [2.45, 2.75) is 13.8 Å². The highest BCUT2D eigenvalue weighted by Gasteiger charge is 2.11. The van der Waals surface area contributed by atoms with E-state index >= 15 is 0 Å². The molecular formula is C22H20N2O2. The van der Waals surface area contributed by atoms with Crippen LogP contribution in [0, 0.1) is 13.8 Å². The molecule has 0 unspecified atom stereocenters. The maximum Gasteiger partial charge on any atom is 0.255 e. The van der Waals surface area contributed by atoms with Crippen molar-refractivity contribution in [3.8, 4) is 0 Å². The summed E-state index contributed by atoms with van der Waals surface area (Å²) in [6, 6.07) is 21.8. The number of carbonyl (C=O) groups is 2. The van der Waals surface area contributed by atoms with Crippen molar-refractivity contribution in [3.05, 3.63) is 95.1 Å². The Labute approximate surface area is 152 Å². The Morgan fingerprint density at radius 1 is 0.692 bits per heavy atom. The molecule has 0 aliphatic rings. The minimum absolute atomic E-state index is 0.204. The van der Waals surface area contributed by atoms with Crippen LogP contribution in [-0.4, -0.2) is 11.8 Å². The fraction of sp³-hybridized carbons (Fsp3) is 0.0909. The number of benzene rings is 3. The minimum Gasteiger partial charge on any atom is -0.322 e. The zero-order valence-electron chi connectivity index (χ0n) is 14.7. The lowest BCUT2D eigenvalue weighted by molar-refractivity contribution is 0.101. The summed E-state index contributed by atoms with van der Waals surface area (Å²) in [6.07, 6.45) is 0. The number of hydrogen-bond donors (Lipinski definition) is 2. The molecule has 0 fully saturated rings. The Balaban J connectivity index is 1.77. The molecule has 2 N–H and O–H groups in total. The quantitative estimate of drug-likeness (QED) is 0.714. The lowest BCUT2D eigenvalue weighted by atomic mass is 10.1. The summed E-state index contributed by atoms with van der Waals surface area (Å²) in [5, 5.41) is 5.74. The fourth-order valence-corrected chi connectivity index (χ4v) is 2.52. The molecule has 0 aromatic heterocycles. The van der Waals surface area contributed by atoms with E-state index in [2.05, 4.69) is 10.6 Å². The van der Waals surface area contributed by atoms with Crippen LogP contribution in [0.25, 0.3) is 0 Å². The van der Waals surface area contributed by atoms with E-state index in [0.717, 1.165) is 16.8 Å². The van der Waals surface area contributed by atoms with E-state index in [1.165, 1.54) is 0 Å². The van der Waals surface area contributed by atoms with Gasteiger partial charge in [0.1, 0.15) is 0 Å². The van der Waals surface area contributed by atoms with Crippen molar-refractivity contribution >= 4 is 23.2 Å². The van der Waals surface area contributed by atoms with Gasteiger partial charge in [-0.3, -0.25) is 9.59 Å². The molecule has 2 amide bonds. The molecule has 0 atom stereocenters. The van der Waals surface area contributed by atoms with Gasteiger partial charge in [0.2, 0.25) is 0 Å². The average molecular weight is 344 g/mol. The number of anilines is 2. The van der Waals surface area contributed by atoms with Crippen LogP contribution in [0.3, 0.4) is 0 Å². The molecule has 26 heavy (non-hydrogen) atoms. The lowest BCUT2D eigenvalue weighted by Gasteiger charge is -2.11. The molecular weight excluding hydrogens is 324 g/mol. The number of rotatable bonds is 4. The Hall–Kier alpha value is -3.40. The summed E-state index contributed by atoms with van der Waals surface area (Å²) in [5.74, 6) is -0.422. The van der Waals surface area contributed by atoms with Crippen LogP contribution in [-0.2, 0) is 0 Å². The highest BCUT2D eigenvalue weighted by molar-refractivity contribution is 6.07. The predicted octanol–water partition coefficient (Wildman–Crippen LogP) is 4.81. The van der Waals surface area contributed by atoms with Crippen molar-refractivity contribution in [2.24, 2.45) is 0 Å². The van der Waals surface area contributed by atoms with E-state index in [4.69, 9.17) is 0 Å². The topological polar surface area (TPSA) is 58.2 Å². The van der Waals surface area contributed by atoms with Gasteiger partial charge >= 0.3 is 0 Å². The Morgan fingerprint density at radius 3 is 2.04 bits per heavy atom. The number of aryl methyl sites for hydroxylation is 2. The third-order valence-electron chi connectivity index (χ3n) is 4.09. The number of hydrogen-bond acceptors (Lipinski definition) is 2. The molecule has 0 bridgehead atoms. The molecule has 0 radical (unpaired) electrons. The third-order valence-corrected chi connectivity index (χ3v) is 4.09. The monoisotopic (exact) mass is 344 g/mol. The molecule has 0 heterocycles. The highest BCUT2D eigenvalue weighted by atomic mass is 16.2. The van der Waals surface area contributed by atoms with E-state index in [-0.39, 0.29) is 11.8 Å². The summed E-state index contributed by atoms with van der Waals surface area (Å²) in [7, 11) is 0. The molecule has 4 heteroatoms. The molecule has 0 aliphatic carbocycles. The molecule has 0 saturated heterocycles. The van der Waals surface area contributed by atoms with Crippen LogP contribution in [0.15, 0.2) is 72.8 Å². The molecule has 3 aromatic rings. The van der Waals surface area contributed by atoms with Gasteiger partial charge in [0.05, 0.1) is 0 Å². The lowest BCUT2D eigenvalue weighted by Crippen LogP contribution is -2.15. The largest absolute Gasteiger partial charge is 0.322 e. The third kappa shape index (κ3) is 4.16. The van der Waals surface area contributed by atoms with Crippen LogP contribution < -0.4 is 10.6 Å².